The molecule has 1 amide bonds. The molecule has 1 saturated heterocycles. The molecule has 0 atom stereocenters. The van der Waals surface area contributed by atoms with Crippen LogP contribution in [0.2, 0.25) is 0 Å². The Labute approximate surface area is 125 Å². The summed E-state index contributed by atoms with van der Waals surface area (Å²) in [5.74, 6) is 0.463. The first-order valence-electron chi connectivity index (χ1n) is 7.41. The lowest BCUT2D eigenvalue weighted by molar-refractivity contribution is 0.0632. The SMILES string of the molecule is CC1(C)CCN(C(=O)c2cc(N)nc3ccccc23)CC1. The maximum atomic E-state index is 12.8. The van der Waals surface area contributed by atoms with E-state index < -0.39 is 0 Å². The van der Waals surface area contributed by atoms with E-state index in [0.29, 0.717) is 16.8 Å². The number of likely N-dealkylation sites (tertiary alicyclic amines) is 1. The van der Waals surface area contributed by atoms with Crippen LogP contribution in [0.4, 0.5) is 5.82 Å². The zero-order valence-electron chi connectivity index (χ0n) is 12.6. The van der Waals surface area contributed by atoms with E-state index in [-0.39, 0.29) is 5.91 Å². The first kappa shape index (κ1) is 13.9. The van der Waals surface area contributed by atoms with E-state index in [1.165, 1.54) is 0 Å². The van der Waals surface area contributed by atoms with Gasteiger partial charge in [0.25, 0.3) is 5.91 Å². The topological polar surface area (TPSA) is 59.2 Å². The normalized spacial score (nSPS) is 17.9. The van der Waals surface area contributed by atoms with Crippen molar-refractivity contribution >= 4 is 22.6 Å². The minimum absolute atomic E-state index is 0.0656. The number of carbonyl (C=O) groups is 1. The van der Waals surface area contributed by atoms with E-state index in [1.807, 2.05) is 29.2 Å². The highest BCUT2D eigenvalue weighted by atomic mass is 16.2. The second-order valence-electron chi connectivity index (χ2n) is 6.57. The number of aromatic nitrogens is 1. The molecule has 0 bridgehead atoms. The Morgan fingerprint density at radius 1 is 1.24 bits per heavy atom. The van der Waals surface area contributed by atoms with Gasteiger partial charge in [-0.1, -0.05) is 32.0 Å². The van der Waals surface area contributed by atoms with Crippen molar-refractivity contribution in [3.05, 3.63) is 35.9 Å². The van der Waals surface area contributed by atoms with Crippen LogP contribution in [0.15, 0.2) is 30.3 Å². The highest BCUT2D eigenvalue weighted by Gasteiger charge is 2.29. The van der Waals surface area contributed by atoms with Gasteiger partial charge in [0.15, 0.2) is 0 Å². The molecule has 110 valence electrons. The van der Waals surface area contributed by atoms with Gasteiger partial charge < -0.3 is 10.6 Å². The van der Waals surface area contributed by atoms with Crippen molar-refractivity contribution in [2.24, 2.45) is 5.41 Å². The number of nitrogen functional groups attached to an aromatic ring is 1. The number of carbonyl (C=O) groups excluding carboxylic acids is 1. The lowest BCUT2D eigenvalue weighted by atomic mass is 9.82. The number of amides is 1. The van der Waals surface area contributed by atoms with Crippen LogP contribution in [-0.2, 0) is 0 Å². The Morgan fingerprint density at radius 3 is 2.62 bits per heavy atom. The predicted octanol–water partition coefficient (Wildman–Crippen LogP) is 3.08. The van der Waals surface area contributed by atoms with Gasteiger partial charge in [0.1, 0.15) is 5.82 Å². The van der Waals surface area contributed by atoms with E-state index in [0.717, 1.165) is 36.8 Å². The van der Waals surface area contributed by atoms with Gasteiger partial charge in [-0.3, -0.25) is 4.79 Å². The summed E-state index contributed by atoms with van der Waals surface area (Å²) in [5, 5.41) is 0.876. The summed E-state index contributed by atoms with van der Waals surface area (Å²) in [5.41, 5.74) is 7.62. The monoisotopic (exact) mass is 283 g/mol. The number of para-hydroxylation sites is 1. The Hall–Kier alpha value is -2.10. The number of nitrogens with two attached hydrogens (primary N) is 1. The first-order chi connectivity index (χ1) is 9.96. The zero-order valence-corrected chi connectivity index (χ0v) is 12.6. The predicted molar refractivity (Wildman–Crippen MR) is 85.1 cm³/mol. The van der Waals surface area contributed by atoms with Crippen LogP contribution < -0.4 is 5.73 Å². The first-order valence-corrected chi connectivity index (χ1v) is 7.41. The average molecular weight is 283 g/mol. The van der Waals surface area contributed by atoms with Gasteiger partial charge in [-0.15, -0.1) is 0 Å². The summed E-state index contributed by atoms with van der Waals surface area (Å²) >= 11 is 0. The second kappa shape index (κ2) is 5.02. The van der Waals surface area contributed by atoms with Crippen LogP contribution >= 0.6 is 0 Å². The fourth-order valence-electron chi connectivity index (χ4n) is 2.86. The lowest BCUT2D eigenvalue weighted by Gasteiger charge is -2.37. The Kier molecular flexibility index (Phi) is 3.32. The standard InChI is InChI=1S/C17H21N3O/c1-17(2)7-9-20(10-8-17)16(21)13-11-15(18)19-14-6-4-3-5-12(13)14/h3-6,11H,7-10H2,1-2H3,(H2,18,19). The molecule has 4 nitrogen and oxygen atoms in total. The lowest BCUT2D eigenvalue weighted by Crippen LogP contribution is -2.41. The van der Waals surface area contributed by atoms with Crippen LogP contribution in [0.1, 0.15) is 37.0 Å². The molecule has 1 aromatic carbocycles. The smallest absolute Gasteiger partial charge is 0.254 e. The van der Waals surface area contributed by atoms with Gasteiger partial charge in [0, 0.05) is 18.5 Å². The molecule has 21 heavy (non-hydrogen) atoms. The number of fused-ring (bicyclic) bond motifs is 1. The summed E-state index contributed by atoms with van der Waals surface area (Å²) in [6.07, 6.45) is 2.08. The minimum Gasteiger partial charge on any atom is -0.384 e. The van der Waals surface area contributed by atoms with Crippen LogP contribution in [0.25, 0.3) is 10.9 Å². The van der Waals surface area contributed by atoms with Crippen molar-refractivity contribution in [1.29, 1.82) is 0 Å². The van der Waals surface area contributed by atoms with Crippen LogP contribution in [0.3, 0.4) is 0 Å². The van der Waals surface area contributed by atoms with E-state index in [9.17, 15) is 4.79 Å². The molecule has 1 aliphatic rings. The number of benzene rings is 1. The van der Waals surface area contributed by atoms with Gasteiger partial charge in [-0.2, -0.15) is 0 Å². The van der Waals surface area contributed by atoms with Crippen LogP contribution in [0, 0.1) is 5.41 Å². The highest BCUT2D eigenvalue weighted by Crippen LogP contribution is 2.31. The van der Waals surface area contributed by atoms with E-state index >= 15 is 0 Å². The van der Waals surface area contributed by atoms with E-state index in [1.54, 1.807) is 6.07 Å². The van der Waals surface area contributed by atoms with Crippen molar-refractivity contribution in [1.82, 2.24) is 9.88 Å². The maximum absolute atomic E-state index is 12.8. The van der Waals surface area contributed by atoms with Gasteiger partial charge >= 0.3 is 0 Å². The number of rotatable bonds is 1. The Morgan fingerprint density at radius 2 is 1.90 bits per heavy atom. The van der Waals surface area contributed by atoms with Gasteiger partial charge in [-0.25, -0.2) is 4.98 Å². The van der Waals surface area contributed by atoms with Crippen LogP contribution in [0.5, 0.6) is 0 Å². The molecule has 2 aromatic rings. The van der Waals surface area contributed by atoms with Crippen molar-refractivity contribution < 1.29 is 4.79 Å². The summed E-state index contributed by atoms with van der Waals surface area (Å²) in [7, 11) is 0. The fourth-order valence-corrected chi connectivity index (χ4v) is 2.86. The minimum atomic E-state index is 0.0656. The quantitative estimate of drug-likeness (QED) is 0.875. The molecule has 2 heterocycles. The summed E-state index contributed by atoms with van der Waals surface area (Å²) in [6.45, 7) is 6.13. The number of pyridine rings is 1. The molecular weight excluding hydrogens is 262 g/mol. The van der Waals surface area contributed by atoms with Crippen molar-refractivity contribution in [2.75, 3.05) is 18.8 Å². The largest absolute Gasteiger partial charge is 0.384 e. The van der Waals surface area contributed by atoms with Gasteiger partial charge in [0.05, 0.1) is 11.1 Å². The summed E-state index contributed by atoms with van der Waals surface area (Å²) < 4.78 is 0. The molecule has 0 spiro atoms. The molecule has 1 aliphatic heterocycles. The third-order valence-corrected chi connectivity index (χ3v) is 4.37. The average Bonchev–Trinajstić information content (AvgIpc) is 2.45. The Bertz CT molecular complexity index is 683. The fraction of sp³-hybridized carbons (Fsp3) is 0.412. The molecule has 2 N–H and O–H groups in total. The number of piperidine rings is 1. The molecule has 1 aromatic heterocycles. The highest BCUT2D eigenvalue weighted by molar-refractivity contribution is 6.06. The zero-order chi connectivity index (χ0) is 15.0. The Balaban J connectivity index is 1.95. The number of hydrogen-bond donors (Lipinski definition) is 1. The number of hydrogen-bond acceptors (Lipinski definition) is 3. The third kappa shape index (κ3) is 2.71. The van der Waals surface area contributed by atoms with Crippen molar-refractivity contribution in [3.8, 4) is 0 Å². The molecule has 0 unspecified atom stereocenters. The van der Waals surface area contributed by atoms with Crippen LogP contribution in [-0.4, -0.2) is 28.9 Å². The van der Waals surface area contributed by atoms with Crippen molar-refractivity contribution in [2.45, 2.75) is 26.7 Å². The number of nitrogens with zero attached hydrogens (tertiary/aromatic N) is 2. The second-order valence-corrected chi connectivity index (χ2v) is 6.57. The molecule has 1 fully saturated rings. The van der Waals surface area contributed by atoms with E-state index in [2.05, 4.69) is 18.8 Å². The summed E-state index contributed by atoms with van der Waals surface area (Å²) in [4.78, 5) is 19.1. The third-order valence-electron chi connectivity index (χ3n) is 4.37. The van der Waals surface area contributed by atoms with Gasteiger partial charge in [-0.05, 0) is 30.4 Å². The molecular formula is C17H21N3O. The summed E-state index contributed by atoms with van der Waals surface area (Å²) in [6, 6.07) is 9.36. The molecule has 4 heteroatoms. The van der Waals surface area contributed by atoms with Crippen molar-refractivity contribution in [3.63, 3.8) is 0 Å². The molecule has 3 rings (SSSR count). The maximum Gasteiger partial charge on any atom is 0.254 e. The van der Waals surface area contributed by atoms with Gasteiger partial charge in [0.2, 0.25) is 0 Å². The number of anilines is 1. The van der Waals surface area contributed by atoms with E-state index in [4.69, 9.17) is 5.73 Å². The molecule has 0 radical (unpaired) electrons. The molecule has 0 aliphatic carbocycles. The molecule has 0 saturated carbocycles.